The van der Waals surface area contributed by atoms with E-state index in [-0.39, 0.29) is 75.4 Å². The molecule has 3 rings (SSSR count). The third kappa shape index (κ3) is 7.48. The summed E-state index contributed by atoms with van der Waals surface area (Å²) < 4.78 is 59.7. The minimum Gasteiger partial charge on any atom is -0.442 e. The quantitative estimate of drug-likeness (QED) is 0.375. The van der Waals surface area contributed by atoms with Crippen molar-refractivity contribution in [1.82, 2.24) is 20.5 Å². The monoisotopic (exact) mass is 532 g/mol. The number of cyclic esters (lactones) is 1. The van der Waals surface area contributed by atoms with Crippen LogP contribution in [0.3, 0.4) is 0 Å². The van der Waals surface area contributed by atoms with Gasteiger partial charge in [0.25, 0.3) is 0 Å². The van der Waals surface area contributed by atoms with Gasteiger partial charge >= 0.3 is 6.09 Å². The fourth-order valence-corrected chi connectivity index (χ4v) is 4.42. The Morgan fingerprint density at radius 3 is 2.53 bits per heavy atom. The molecule has 0 saturated carbocycles. The molecule has 0 spiro atoms. The van der Waals surface area contributed by atoms with Crippen molar-refractivity contribution in [3.63, 3.8) is 0 Å². The Hall–Kier alpha value is -3.04. The van der Waals surface area contributed by atoms with Crippen LogP contribution in [0.1, 0.15) is 19.8 Å². The van der Waals surface area contributed by atoms with E-state index < -0.39 is 33.9 Å². The second-order valence-corrected chi connectivity index (χ2v) is 10.4. The van der Waals surface area contributed by atoms with Crippen LogP contribution in [0, 0.1) is 11.6 Å². The highest BCUT2D eigenvalue weighted by atomic mass is 32.2. The van der Waals surface area contributed by atoms with Gasteiger partial charge in [-0.3, -0.25) is 19.5 Å². The first-order valence-corrected chi connectivity index (χ1v) is 13.3. The van der Waals surface area contributed by atoms with E-state index in [9.17, 15) is 22.8 Å². The van der Waals surface area contributed by atoms with Crippen LogP contribution in [-0.2, 0) is 24.3 Å². The molecule has 15 heteroatoms. The fourth-order valence-electron chi connectivity index (χ4n) is 3.91. The molecule has 2 saturated heterocycles. The molecule has 36 heavy (non-hydrogen) atoms. The van der Waals surface area contributed by atoms with Gasteiger partial charge in [-0.05, 0) is 6.42 Å². The third-order valence-corrected chi connectivity index (χ3v) is 6.32. The number of hydrazine groups is 1. The van der Waals surface area contributed by atoms with Crippen molar-refractivity contribution < 1.29 is 36.3 Å². The summed E-state index contributed by atoms with van der Waals surface area (Å²) in [4.78, 5) is 38.3. The maximum atomic E-state index is 15.0. The number of nitrogens with zero attached hydrogens (tertiary/aromatic N) is 3. The normalized spacial score (nSPS) is 18.7. The van der Waals surface area contributed by atoms with Gasteiger partial charge in [0, 0.05) is 51.7 Å². The number of halogens is 2. The highest BCUT2D eigenvalue weighted by Gasteiger charge is 2.34. The summed E-state index contributed by atoms with van der Waals surface area (Å²) >= 11 is 0. The molecule has 1 atom stereocenters. The molecule has 12 nitrogen and oxygen atoms in total. The number of amides is 3. The van der Waals surface area contributed by atoms with E-state index in [1.165, 1.54) is 16.8 Å². The topological polar surface area (TPSA) is 140 Å². The highest BCUT2D eigenvalue weighted by molar-refractivity contribution is 7.88. The number of anilines is 2. The lowest BCUT2D eigenvalue weighted by Gasteiger charge is -2.25. The third-order valence-electron chi connectivity index (χ3n) is 5.59. The number of carbonyl (C=O) groups excluding carboxylic acids is 3. The second-order valence-electron chi connectivity index (χ2n) is 8.52. The van der Waals surface area contributed by atoms with Crippen molar-refractivity contribution in [3.8, 4) is 0 Å². The number of hydrogen-bond acceptors (Lipinski definition) is 8. The molecule has 2 aliphatic heterocycles. The molecule has 0 aromatic heterocycles. The average molecular weight is 533 g/mol. The molecule has 2 aliphatic rings. The SMILES string of the molecule is CC(=O)NC[C@H]1CN(c2cc(F)c(N3CCNN(C(=O)CCCNS(C)(=O)=O)CC3)c(F)c2)C(=O)O1. The fraction of sp³-hybridized carbons (Fsp3) is 0.571. The van der Waals surface area contributed by atoms with Gasteiger partial charge in [-0.15, -0.1) is 0 Å². The van der Waals surface area contributed by atoms with Crippen molar-refractivity contribution in [3.05, 3.63) is 23.8 Å². The molecule has 1 aromatic carbocycles. The van der Waals surface area contributed by atoms with E-state index >= 15 is 8.78 Å². The Bertz CT molecular complexity index is 1080. The van der Waals surface area contributed by atoms with Gasteiger partial charge < -0.3 is 15.0 Å². The summed E-state index contributed by atoms with van der Waals surface area (Å²) in [6, 6.07) is 2.10. The molecule has 2 heterocycles. The molecule has 3 amide bonds. The van der Waals surface area contributed by atoms with E-state index in [4.69, 9.17) is 4.74 Å². The van der Waals surface area contributed by atoms with Crippen LogP contribution in [0.15, 0.2) is 12.1 Å². The standard InChI is InChI=1S/C21H30F2N6O6S/c1-14(30)24-12-16-13-28(21(32)35-16)15-10-17(22)20(18(23)11-15)27-7-6-25-29(9-8-27)19(31)4-3-5-26-36(2,33)34/h10-11,16,25-26H,3-9,12-13H2,1-2H3,(H,24,30)/t16-/m0/s1. The smallest absolute Gasteiger partial charge is 0.414 e. The Morgan fingerprint density at radius 1 is 1.19 bits per heavy atom. The summed E-state index contributed by atoms with van der Waals surface area (Å²) in [6.45, 7) is 2.35. The van der Waals surface area contributed by atoms with Gasteiger partial charge in [0.1, 0.15) is 11.8 Å². The first-order chi connectivity index (χ1) is 16.9. The van der Waals surface area contributed by atoms with Crippen LogP contribution in [-0.4, -0.2) is 89.5 Å². The van der Waals surface area contributed by atoms with E-state index in [2.05, 4.69) is 15.5 Å². The van der Waals surface area contributed by atoms with Crippen LogP contribution in [0.4, 0.5) is 25.0 Å². The zero-order chi connectivity index (χ0) is 26.5. The van der Waals surface area contributed by atoms with Crippen LogP contribution in [0.25, 0.3) is 0 Å². The molecule has 0 aliphatic carbocycles. The van der Waals surface area contributed by atoms with Gasteiger partial charge in [0.05, 0.1) is 31.6 Å². The number of carbonyl (C=O) groups is 3. The average Bonchev–Trinajstić information content (AvgIpc) is 2.98. The van der Waals surface area contributed by atoms with Crippen molar-refractivity contribution in [2.24, 2.45) is 0 Å². The maximum Gasteiger partial charge on any atom is 0.414 e. The molecule has 0 bridgehead atoms. The van der Waals surface area contributed by atoms with Crippen molar-refractivity contribution in [1.29, 1.82) is 0 Å². The number of sulfonamides is 1. The van der Waals surface area contributed by atoms with Crippen LogP contribution < -0.4 is 25.3 Å². The minimum absolute atomic E-state index is 0.00321. The predicted molar refractivity (Wildman–Crippen MR) is 127 cm³/mol. The van der Waals surface area contributed by atoms with Gasteiger partial charge in [0.15, 0.2) is 11.6 Å². The molecule has 0 radical (unpaired) electrons. The van der Waals surface area contributed by atoms with Gasteiger partial charge in [0.2, 0.25) is 21.8 Å². The second kappa shape index (κ2) is 11.8. The number of rotatable bonds is 9. The summed E-state index contributed by atoms with van der Waals surface area (Å²) in [5, 5.41) is 3.89. The molecular weight excluding hydrogens is 502 g/mol. The van der Waals surface area contributed by atoms with E-state index in [0.29, 0.717) is 6.42 Å². The number of benzene rings is 1. The Morgan fingerprint density at radius 2 is 1.89 bits per heavy atom. The van der Waals surface area contributed by atoms with E-state index in [0.717, 1.165) is 23.3 Å². The zero-order valence-electron chi connectivity index (χ0n) is 20.1. The van der Waals surface area contributed by atoms with Crippen molar-refractivity contribution in [2.75, 3.05) is 61.9 Å². The molecule has 3 N–H and O–H groups in total. The predicted octanol–water partition coefficient (Wildman–Crippen LogP) is -0.0913. The molecule has 2 fully saturated rings. The van der Waals surface area contributed by atoms with Gasteiger partial charge in [-0.1, -0.05) is 0 Å². The summed E-state index contributed by atoms with van der Waals surface area (Å²) in [6.07, 6.45) is 0.0309. The van der Waals surface area contributed by atoms with Crippen molar-refractivity contribution >= 4 is 39.3 Å². The summed E-state index contributed by atoms with van der Waals surface area (Å²) in [5.41, 5.74) is 2.65. The van der Waals surface area contributed by atoms with Crippen molar-refractivity contribution in [2.45, 2.75) is 25.9 Å². The Kier molecular flexibility index (Phi) is 9.03. The van der Waals surface area contributed by atoms with Crippen LogP contribution in [0.5, 0.6) is 0 Å². The summed E-state index contributed by atoms with van der Waals surface area (Å²) in [5.74, 6) is -2.28. The van der Waals surface area contributed by atoms with Gasteiger partial charge in [-0.25, -0.2) is 32.1 Å². The molecule has 200 valence electrons. The van der Waals surface area contributed by atoms with Crippen LogP contribution >= 0.6 is 0 Å². The number of nitrogens with one attached hydrogen (secondary N) is 3. The lowest BCUT2D eigenvalue weighted by atomic mass is 10.2. The first-order valence-electron chi connectivity index (χ1n) is 11.4. The lowest BCUT2D eigenvalue weighted by Crippen LogP contribution is -2.43. The number of ether oxygens (including phenoxy) is 1. The first kappa shape index (κ1) is 27.5. The van der Waals surface area contributed by atoms with Gasteiger partial charge in [-0.2, -0.15) is 0 Å². The molecule has 0 unspecified atom stereocenters. The lowest BCUT2D eigenvalue weighted by molar-refractivity contribution is -0.134. The van der Waals surface area contributed by atoms with Crippen LogP contribution in [0.2, 0.25) is 0 Å². The number of hydrogen-bond donors (Lipinski definition) is 3. The zero-order valence-corrected chi connectivity index (χ0v) is 20.9. The van der Waals surface area contributed by atoms with E-state index in [1.807, 2.05) is 0 Å². The summed E-state index contributed by atoms with van der Waals surface area (Å²) in [7, 11) is -3.33. The Labute approximate surface area is 207 Å². The van der Waals surface area contributed by atoms with E-state index in [1.54, 1.807) is 0 Å². The minimum atomic E-state index is -3.33. The Balaban J connectivity index is 1.60. The largest absolute Gasteiger partial charge is 0.442 e. The molecule has 1 aromatic rings. The highest BCUT2D eigenvalue weighted by Crippen LogP contribution is 2.31. The maximum absolute atomic E-state index is 15.0. The molecular formula is C21H30F2N6O6S.